The van der Waals surface area contributed by atoms with Gasteiger partial charge in [-0.25, -0.2) is 9.59 Å². The second kappa shape index (κ2) is 6.61. The molecule has 3 N–H and O–H groups in total. The van der Waals surface area contributed by atoms with Crippen molar-refractivity contribution in [1.29, 1.82) is 0 Å². The van der Waals surface area contributed by atoms with Crippen LogP contribution in [-0.2, 0) is 0 Å². The molecule has 1 aliphatic rings. The highest BCUT2D eigenvalue weighted by Gasteiger charge is 2.23. The lowest BCUT2D eigenvalue weighted by Crippen LogP contribution is -2.40. The average molecular weight is 290 g/mol. The van der Waals surface area contributed by atoms with Crippen LogP contribution in [0.2, 0.25) is 0 Å². The van der Waals surface area contributed by atoms with E-state index in [4.69, 9.17) is 0 Å². The summed E-state index contributed by atoms with van der Waals surface area (Å²) in [4.78, 5) is 23.3. The van der Waals surface area contributed by atoms with E-state index in [0.29, 0.717) is 17.2 Å². The molecule has 0 spiro atoms. The molecule has 0 aromatic heterocycles. The van der Waals surface area contributed by atoms with Gasteiger partial charge >= 0.3 is 12.0 Å². The van der Waals surface area contributed by atoms with Crippen molar-refractivity contribution in [3.8, 4) is 0 Å². The monoisotopic (exact) mass is 290 g/mol. The summed E-state index contributed by atoms with van der Waals surface area (Å²) in [6.07, 6.45) is 4.73. The number of aryl methyl sites for hydroxylation is 1. The molecular formula is C16H22N2O3. The molecular weight excluding hydrogens is 268 g/mol. The van der Waals surface area contributed by atoms with E-state index in [-0.39, 0.29) is 17.6 Å². The number of benzene rings is 1. The van der Waals surface area contributed by atoms with Crippen LogP contribution < -0.4 is 10.6 Å². The molecule has 0 radical (unpaired) electrons. The minimum atomic E-state index is -1.03. The van der Waals surface area contributed by atoms with Crippen LogP contribution in [0.1, 0.15) is 48.5 Å². The Hall–Kier alpha value is -2.04. The van der Waals surface area contributed by atoms with E-state index >= 15 is 0 Å². The van der Waals surface area contributed by atoms with Gasteiger partial charge in [-0.15, -0.1) is 0 Å². The molecule has 0 heterocycles. The predicted molar refractivity (Wildman–Crippen MR) is 81.7 cm³/mol. The van der Waals surface area contributed by atoms with E-state index in [9.17, 15) is 14.7 Å². The number of nitrogens with one attached hydrogen (secondary N) is 2. The lowest BCUT2D eigenvalue weighted by molar-refractivity contribution is 0.0697. The van der Waals surface area contributed by atoms with Crippen molar-refractivity contribution >= 4 is 17.7 Å². The van der Waals surface area contributed by atoms with Crippen molar-refractivity contribution in [2.24, 2.45) is 5.92 Å². The van der Waals surface area contributed by atoms with Crippen molar-refractivity contribution in [2.75, 3.05) is 5.32 Å². The van der Waals surface area contributed by atoms with E-state index in [2.05, 4.69) is 10.6 Å². The minimum absolute atomic E-state index is 0.102. The van der Waals surface area contributed by atoms with Crippen molar-refractivity contribution in [3.05, 3.63) is 29.3 Å². The maximum Gasteiger partial charge on any atom is 0.338 e. The van der Waals surface area contributed by atoms with Gasteiger partial charge in [-0.3, -0.25) is 0 Å². The molecule has 5 heteroatoms. The number of aromatic carboxylic acids is 1. The van der Waals surface area contributed by atoms with E-state index in [1.165, 1.54) is 12.8 Å². The zero-order chi connectivity index (χ0) is 15.4. The third-order valence-corrected chi connectivity index (χ3v) is 4.20. The highest BCUT2D eigenvalue weighted by molar-refractivity contribution is 6.01. The molecule has 1 saturated carbocycles. The molecule has 0 aliphatic heterocycles. The van der Waals surface area contributed by atoms with Gasteiger partial charge in [-0.1, -0.05) is 25.0 Å². The van der Waals surface area contributed by atoms with Gasteiger partial charge in [0.05, 0.1) is 11.3 Å². The number of anilines is 1. The number of urea groups is 1. The van der Waals surface area contributed by atoms with Crippen LogP contribution in [0.25, 0.3) is 0 Å². The topological polar surface area (TPSA) is 78.4 Å². The summed E-state index contributed by atoms with van der Waals surface area (Å²) in [7, 11) is 0. The van der Waals surface area contributed by atoms with Gasteiger partial charge in [0.25, 0.3) is 0 Å². The molecule has 1 aromatic rings. The van der Waals surface area contributed by atoms with Crippen LogP contribution in [0.5, 0.6) is 0 Å². The highest BCUT2D eigenvalue weighted by Crippen LogP contribution is 2.27. The van der Waals surface area contributed by atoms with Gasteiger partial charge in [0.1, 0.15) is 0 Å². The van der Waals surface area contributed by atoms with Crippen molar-refractivity contribution in [3.63, 3.8) is 0 Å². The van der Waals surface area contributed by atoms with Crippen LogP contribution in [0.15, 0.2) is 18.2 Å². The van der Waals surface area contributed by atoms with E-state index < -0.39 is 5.97 Å². The Morgan fingerprint density at radius 1 is 1.29 bits per heavy atom. The zero-order valence-electron chi connectivity index (χ0n) is 12.5. The van der Waals surface area contributed by atoms with Crippen LogP contribution in [-0.4, -0.2) is 23.1 Å². The number of carbonyl (C=O) groups is 2. The Kier molecular flexibility index (Phi) is 4.83. The molecule has 114 valence electrons. The third-order valence-electron chi connectivity index (χ3n) is 4.20. The normalized spacial score (nSPS) is 16.5. The molecule has 1 atom stereocenters. The number of carboxylic acids is 1. The van der Waals surface area contributed by atoms with E-state index in [0.717, 1.165) is 12.8 Å². The number of rotatable bonds is 4. The molecule has 2 amide bonds. The second-order valence-corrected chi connectivity index (χ2v) is 5.73. The van der Waals surface area contributed by atoms with Gasteiger partial charge in [0, 0.05) is 6.04 Å². The van der Waals surface area contributed by atoms with Crippen LogP contribution in [0, 0.1) is 12.8 Å². The SMILES string of the molecule is Cc1cccc(NC(=O)NC(C)C2CCCC2)c1C(=O)O. The first-order chi connectivity index (χ1) is 9.99. The van der Waals surface area contributed by atoms with E-state index in [1.54, 1.807) is 25.1 Å². The first-order valence-electron chi connectivity index (χ1n) is 7.39. The van der Waals surface area contributed by atoms with E-state index in [1.807, 2.05) is 6.92 Å². The van der Waals surface area contributed by atoms with Crippen LogP contribution in [0.3, 0.4) is 0 Å². The Bertz CT molecular complexity index is 536. The first-order valence-corrected chi connectivity index (χ1v) is 7.39. The van der Waals surface area contributed by atoms with Gasteiger partial charge < -0.3 is 15.7 Å². The van der Waals surface area contributed by atoms with Crippen molar-refractivity contribution < 1.29 is 14.7 Å². The van der Waals surface area contributed by atoms with Crippen molar-refractivity contribution in [1.82, 2.24) is 5.32 Å². The van der Waals surface area contributed by atoms with Crippen LogP contribution >= 0.6 is 0 Å². The summed E-state index contributed by atoms with van der Waals surface area (Å²) >= 11 is 0. The number of carboxylic acid groups (broad SMARTS) is 1. The quantitative estimate of drug-likeness (QED) is 0.795. The van der Waals surface area contributed by atoms with Crippen LogP contribution in [0.4, 0.5) is 10.5 Å². The minimum Gasteiger partial charge on any atom is -0.478 e. The summed E-state index contributed by atoms with van der Waals surface area (Å²) in [5.74, 6) is -0.514. The number of hydrogen-bond acceptors (Lipinski definition) is 2. The summed E-state index contributed by atoms with van der Waals surface area (Å²) < 4.78 is 0. The fourth-order valence-electron chi connectivity index (χ4n) is 3.00. The molecule has 1 unspecified atom stereocenters. The Morgan fingerprint density at radius 2 is 1.95 bits per heavy atom. The Balaban J connectivity index is 2.02. The molecule has 1 aromatic carbocycles. The summed E-state index contributed by atoms with van der Waals surface area (Å²) in [6.45, 7) is 3.72. The third kappa shape index (κ3) is 3.74. The standard InChI is InChI=1S/C16H22N2O3/c1-10-6-5-9-13(14(10)15(19)20)18-16(21)17-11(2)12-7-3-4-8-12/h5-6,9,11-12H,3-4,7-8H2,1-2H3,(H,19,20)(H2,17,18,21). The van der Waals surface area contributed by atoms with Gasteiger partial charge in [-0.2, -0.15) is 0 Å². The molecule has 1 fully saturated rings. The first kappa shape index (κ1) is 15.4. The fourth-order valence-corrected chi connectivity index (χ4v) is 3.00. The number of carbonyl (C=O) groups excluding carboxylic acids is 1. The average Bonchev–Trinajstić information content (AvgIpc) is 2.91. The molecule has 21 heavy (non-hydrogen) atoms. The summed E-state index contributed by atoms with van der Waals surface area (Å²) in [6, 6.07) is 4.81. The number of hydrogen-bond donors (Lipinski definition) is 3. The molecule has 1 aliphatic carbocycles. The fraction of sp³-hybridized carbons (Fsp3) is 0.500. The molecule has 2 rings (SSSR count). The van der Waals surface area contributed by atoms with Gasteiger partial charge in [0.15, 0.2) is 0 Å². The Labute approximate surface area is 124 Å². The lowest BCUT2D eigenvalue weighted by atomic mass is 10.0. The van der Waals surface area contributed by atoms with Gasteiger partial charge in [-0.05, 0) is 44.2 Å². The number of amides is 2. The molecule has 0 bridgehead atoms. The van der Waals surface area contributed by atoms with Gasteiger partial charge in [0.2, 0.25) is 0 Å². The second-order valence-electron chi connectivity index (χ2n) is 5.73. The summed E-state index contributed by atoms with van der Waals surface area (Å²) in [5.41, 5.74) is 1.10. The maximum atomic E-state index is 12.1. The maximum absolute atomic E-state index is 12.1. The largest absolute Gasteiger partial charge is 0.478 e. The highest BCUT2D eigenvalue weighted by atomic mass is 16.4. The predicted octanol–water partition coefficient (Wildman–Crippen LogP) is 3.39. The smallest absolute Gasteiger partial charge is 0.338 e. The van der Waals surface area contributed by atoms with Crippen molar-refractivity contribution in [2.45, 2.75) is 45.6 Å². The zero-order valence-corrected chi connectivity index (χ0v) is 12.5. The molecule has 0 saturated heterocycles. The Morgan fingerprint density at radius 3 is 2.57 bits per heavy atom. The summed E-state index contributed by atoms with van der Waals surface area (Å²) in [5, 5.41) is 14.8. The lowest BCUT2D eigenvalue weighted by Gasteiger charge is -2.21. The molecule has 5 nitrogen and oxygen atoms in total.